The predicted molar refractivity (Wildman–Crippen MR) is 74.4 cm³/mol. The summed E-state index contributed by atoms with van der Waals surface area (Å²) >= 11 is 0. The van der Waals surface area contributed by atoms with Crippen molar-refractivity contribution in [3.8, 4) is 11.1 Å². The molecule has 0 fully saturated rings. The molecule has 0 amide bonds. The van der Waals surface area contributed by atoms with Crippen LogP contribution in [0.3, 0.4) is 0 Å². The molecular formula is C15H20N2O. The Bertz CT molecular complexity index is 555. The van der Waals surface area contributed by atoms with E-state index in [0.717, 1.165) is 23.3 Å². The van der Waals surface area contributed by atoms with E-state index in [2.05, 4.69) is 45.0 Å². The smallest absolute Gasteiger partial charge is 0.175 e. The highest BCUT2D eigenvalue weighted by Crippen LogP contribution is 2.38. The van der Waals surface area contributed by atoms with Crippen molar-refractivity contribution in [2.45, 2.75) is 39.5 Å². The van der Waals surface area contributed by atoms with Crippen molar-refractivity contribution < 1.29 is 4.52 Å². The van der Waals surface area contributed by atoms with Gasteiger partial charge in [-0.1, -0.05) is 55.8 Å². The fourth-order valence-electron chi connectivity index (χ4n) is 2.00. The maximum atomic E-state index is 5.97. The number of rotatable bonds is 3. The van der Waals surface area contributed by atoms with Gasteiger partial charge in [-0.2, -0.15) is 0 Å². The van der Waals surface area contributed by atoms with Gasteiger partial charge in [0.25, 0.3) is 0 Å². The Morgan fingerprint density at radius 2 is 2.06 bits per heavy atom. The van der Waals surface area contributed by atoms with Crippen LogP contribution in [-0.4, -0.2) is 5.16 Å². The molecule has 0 saturated heterocycles. The monoisotopic (exact) mass is 244 g/mol. The van der Waals surface area contributed by atoms with Crippen LogP contribution in [0.15, 0.2) is 28.8 Å². The highest BCUT2D eigenvalue weighted by Gasteiger charge is 2.29. The molecule has 0 aliphatic heterocycles. The van der Waals surface area contributed by atoms with Gasteiger partial charge in [0.1, 0.15) is 0 Å². The number of hydrogen-bond acceptors (Lipinski definition) is 3. The molecule has 3 heteroatoms. The highest BCUT2D eigenvalue weighted by atomic mass is 16.5. The van der Waals surface area contributed by atoms with Gasteiger partial charge in [0, 0.05) is 5.41 Å². The van der Waals surface area contributed by atoms with Crippen molar-refractivity contribution in [2.24, 2.45) is 0 Å². The van der Waals surface area contributed by atoms with Gasteiger partial charge in [0.2, 0.25) is 0 Å². The molecule has 2 aromatic rings. The third kappa shape index (κ3) is 2.13. The Morgan fingerprint density at radius 1 is 1.33 bits per heavy atom. The fraction of sp³-hybridized carbons (Fsp3) is 0.400. The molecule has 0 saturated carbocycles. The van der Waals surface area contributed by atoms with Crippen LogP contribution in [0.5, 0.6) is 0 Å². The molecule has 1 aromatic heterocycles. The average Bonchev–Trinajstić information content (AvgIpc) is 2.72. The first kappa shape index (κ1) is 12.7. The van der Waals surface area contributed by atoms with E-state index in [9.17, 15) is 0 Å². The molecule has 0 bridgehead atoms. The van der Waals surface area contributed by atoms with Crippen LogP contribution in [0, 0.1) is 6.92 Å². The summed E-state index contributed by atoms with van der Waals surface area (Å²) in [4.78, 5) is 0. The minimum absolute atomic E-state index is 0.0658. The minimum atomic E-state index is -0.0658. The van der Waals surface area contributed by atoms with Gasteiger partial charge in [-0.25, -0.2) is 0 Å². The summed E-state index contributed by atoms with van der Waals surface area (Å²) in [5.41, 5.74) is 9.12. The number of benzene rings is 1. The van der Waals surface area contributed by atoms with Crippen molar-refractivity contribution >= 4 is 5.82 Å². The summed E-state index contributed by atoms with van der Waals surface area (Å²) in [6, 6.07) is 8.25. The number of nitrogens with two attached hydrogens (primary N) is 1. The molecule has 0 unspecified atom stereocenters. The molecule has 18 heavy (non-hydrogen) atoms. The van der Waals surface area contributed by atoms with Gasteiger partial charge in [-0.3, -0.25) is 0 Å². The second kappa shape index (κ2) is 4.48. The zero-order valence-electron chi connectivity index (χ0n) is 11.4. The van der Waals surface area contributed by atoms with Gasteiger partial charge < -0.3 is 10.3 Å². The number of aromatic nitrogens is 1. The van der Waals surface area contributed by atoms with Crippen LogP contribution in [0.4, 0.5) is 5.82 Å². The number of nitrogens with zero attached hydrogens (tertiary/aromatic N) is 1. The van der Waals surface area contributed by atoms with E-state index in [0.29, 0.717) is 5.82 Å². The number of hydrogen-bond donors (Lipinski definition) is 1. The quantitative estimate of drug-likeness (QED) is 0.890. The van der Waals surface area contributed by atoms with E-state index >= 15 is 0 Å². The van der Waals surface area contributed by atoms with E-state index in [1.807, 2.05) is 12.1 Å². The van der Waals surface area contributed by atoms with E-state index in [4.69, 9.17) is 10.3 Å². The Kier molecular flexibility index (Phi) is 3.16. The fourth-order valence-corrected chi connectivity index (χ4v) is 2.00. The largest absolute Gasteiger partial charge is 0.380 e. The molecule has 1 aromatic carbocycles. The van der Waals surface area contributed by atoms with Crippen molar-refractivity contribution in [1.82, 2.24) is 5.16 Å². The van der Waals surface area contributed by atoms with Crippen LogP contribution < -0.4 is 5.73 Å². The third-order valence-electron chi connectivity index (χ3n) is 3.52. The number of anilines is 1. The van der Waals surface area contributed by atoms with Crippen LogP contribution in [0.1, 0.15) is 38.5 Å². The maximum Gasteiger partial charge on any atom is 0.175 e. The predicted octanol–water partition coefficient (Wildman–Crippen LogP) is 3.92. The number of aryl methyl sites for hydroxylation is 1. The van der Waals surface area contributed by atoms with Crippen LogP contribution in [-0.2, 0) is 5.41 Å². The Balaban J connectivity index is 2.61. The van der Waals surface area contributed by atoms with Gasteiger partial charge in [-0.15, -0.1) is 0 Å². The van der Waals surface area contributed by atoms with Gasteiger partial charge in [0.15, 0.2) is 11.6 Å². The summed E-state index contributed by atoms with van der Waals surface area (Å²) in [6.07, 6.45) is 0.973. The zero-order chi connectivity index (χ0) is 13.3. The van der Waals surface area contributed by atoms with Crippen LogP contribution >= 0.6 is 0 Å². The van der Waals surface area contributed by atoms with Gasteiger partial charge >= 0.3 is 0 Å². The normalized spacial score (nSPS) is 11.8. The Morgan fingerprint density at radius 3 is 2.67 bits per heavy atom. The zero-order valence-corrected chi connectivity index (χ0v) is 11.4. The summed E-state index contributed by atoms with van der Waals surface area (Å²) in [5, 5.41) is 3.94. The molecule has 0 aliphatic rings. The summed E-state index contributed by atoms with van der Waals surface area (Å²) in [6.45, 7) is 8.50. The second-order valence-corrected chi connectivity index (χ2v) is 5.38. The minimum Gasteiger partial charge on any atom is -0.380 e. The molecule has 0 aliphatic carbocycles. The van der Waals surface area contributed by atoms with Crippen molar-refractivity contribution in [2.75, 3.05) is 5.73 Å². The standard InChI is InChI=1S/C15H20N2O/c1-5-15(3,4)13-12(14(16)17-18-13)11-8-6-7-10(2)9-11/h6-9H,5H2,1-4H3,(H2,16,17). The molecule has 2 N–H and O–H groups in total. The average molecular weight is 244 g/mol. The lowest BCUT2D eigenvalue weighted by Gasteiger charge is -2.20. The Hall–Kier alpha value is -1.77. The van der Waals surface area contributed by atoms with E-state index in [1.54, 1.807) is 0 Å². The lowest BCUT2D eigenvalue weighted by molar-refractivity contribution is 0.313. The molecule has 96 valence electrons. The summed E-state index contributed by atoms with van der Waals surface area (Å²) < 4.78 is 5.47. The molecular weight excluding hydrogens is 224 g/mol. The molecule has 0 radical (unpaired) electrons. The van der Waals surface area contributed by atoms with Crippen LogP contribution in [0.2, 0.25) is 0 Å². The summed E-state index contributed by atoms with van der Waals surface area (Å²) in [7, 11) is 0. The lowest BCUT2D eigenvalue weighted by Crippen LogP contribution is -2.15. The Labute approximate surface area is 108 Å². The lowest BCUT2D eigenvalue weighted by atomic mass is 9.83. The van der Waals surface area contributed by atoms with Gasteiger partial charge in [0.05, 0.1) is 5.56 Å². The third-order valence-corrected chi connectivity index (χ3v) is 3.52. The maximum absolute atomic E-state index is 5.97. The number of nitrogen functional groups attached to an aromatic ring is 1. The molecule has 2 rings (SSSR count). The first-order valence-corrected chi connectivity index (χ1v) is 6.28. The molecule has 1 heterocycles. The SMILES string of the molecule is CCC(C)(C)c1onc(N)c1-c1cccc(C)c1. The van der Waals surface area contributed by atoms with Crippen LogP contribution in [0.25, 0.3) is 11.1 Å². The summed E-state index contributed by atoms with van der Waals surface area (Å²) in [5.74, 6) is 1.34. The van der Waals surface area contributed by atoms with Gasteiger partial charge in [-0.05, 0) is 18.9 Å². The molecule has 0 spiro atoms. The first-order chi connectivity index (χ1) is 8.45. The van der Waals surface area contributed by atoms with Crippen molar-refractivity contribution in [3.05, 3.63) is 35.6 Å². The first-order valence-electron chi connectivity index (χ1n) is 6.28. The van der Waals surface area contributed by atoms with Crippen molar-refractivity contribution in [1.29, 1.82) is 0 Å². The highest BCUT2D eigenvalue weighted by molar-refractivity contribution is 5.76. The molecule has 0 atom stereocenters. The van der Waals surface area contributed by atoms with E-state index in [1.165, 1.54) is 5.56 Å². The molecule has 3 nitrogen and oxygen atoms in total. The van der Waals surface area contributed by atoms with E-state index in [-0.39, 0.29) is 5.41 Å². The second-order valence-electron chi connectivity index (χ2n) is 5.38. The van der Waals surface area contributed by atoms with E-state index < -0.39 is 0 Å². The van der Waals surface area contributed by atoms with Crippen molar-refractivity contribution in [3.63, 3.8) is 0 Å². The topological polar surface area (TPSA) is 52.0 Å².